The van der Waals surface area contributed by atoms with Gasteiger partial charge in [-0.1, -0.05) is 23.1 Å². The van der Waals surface area contributed by atoms with Gasteiger partial charge in [0.05, 0.1) is 5.56 Å². The molecule has 2 rings (SSSR count). The van der Waals surface area contributed by atoms with Crippen LogP contribution < -0.4 is 16.0 Å². The summed E-state index contributed by atoms with van der Waals surface area (Å²) in [5, 5.41) is 11.8. The lowest BCUT2D eigenvalue weighted by Crippen LogP contribution is -2.23. The molecule has 112 valence electrons. The maximum atomic E-state index is 12.1. The highest BCUT2D eigenvalue weighted by atomic mass is 32.2. The number of anilines is 2. The Morgan fingerprint density at radius 3 is 2.81 bits per heavy atom. The summed E-state index contributed by atoms with van der Waals surface area (Å²) in [7, 11) is 3.82. The number of nitrogen functional groups attached to an aromatic ring is 1. The average Bonchev–Trinajstić information content (AvgIpc) is 2.88. The van der Waals surface area contributed by atoms with E-state index < -0.39 is 0 Å². The molecular weight excluding hydrogens is 306 g/mol. The van der Waals surface area contributed by atoms with Crippen LogP contribution in [0.3, 0.4) is 0 Å². The molecule has 2 aromatic rings. The van der Waals surface area contributed by atoms with Gasteiger partial charge in [-0.2, -0.15) is 0 Å². The molecule has 0 unspecified atom stereocenters. The van der Waals surface area contributed by atoms with E-state index in [2.05, 4.69) is 15.5 Å². The third kappa shape index (κ3) is 3.85. The van der Waals surface area contributed by atoms with Crippen LogP contribution >= 0.6 is 23.1 Å². The van der Waals surface area contributed by atoms with E-state index in [9.17, 15) is 4.79 Å². The molecule has 0 saturated heterocycles. The van der Waals surface area contributed by atoms with E-state index in [1.165, 1.54) is 23.1 Å². The van der Waals surface area contributed by atoms with Gasteiger partial charge in [0.25, 0.3) is 5.91 Å². The fourth-order valence-electron chi connectivity index (χ4n) is 1.59. The van der Waals surface area contributed by atoms with Crippen molar-refractivity contribution in [1.82, 2.24) is 15.5 Å². The number of nitrogens with zero attached hydrogens (tertiary/aromatic N) is 3. The van der Waals surface area contributed by atoms with Crippen molar-refractivity contribution in [3.8, 4) is 0 Å². The van der Waals surface area contributed by atoms with Gasteiger partial charge >= 0.3 is 0 Å². The third-order valence-corrected chi connectivity index (χ3v) is 4.76. The fourth-order valence-corrected chi connectivity index (χ4v) is 3.48. The van der Waals surface area contributed by atoms with Gasteiger partial charge < -0.3 is 16.0 Å². The fraction of sp³-hybridized carbons (Fsp3) is 0.308. The molecule has 8 heteroatoms. The summed E-state index contributed by atoms with van der Waals surface area (Å²) < 4.78 is 0.773. The van der Waals surface area contributed by atoms with E-state index in [4.69, 9.17) is 5.73 Å². The second-order valence-electron chi connectivity index (χ2n) is 4.46. The molecule has 0 aliphatic rings. The predicted octanol–water partition coefficient (Wildman–Crippen LogP) is 2.09. The molecule has 1 amide bonds. The number of carbonyl (C=O) groups excluding carboxylic acids is 1. The molecule has 0 radical (unpaired) electrons. The number of amides is 1. The second kappa shape index (κ2) is 6.77. The molecule has 0 aliphatic carbocycles. The molecule has 1 aromatic carbocycles. The van der Waals surface area contributed by atoms with Crippen molar-refractivity contribution in [1.29, 1.82) is 0 Å². The molecule has 0 bridgehead atoms. The van der Waals surface area contributed by atoms with Gasteiger partial charge in [-0.25, -0.2) is 0 Å². The first-order valence-corrected chi connectivity index (χ1v) is 8.01. The molecule has 0 aliphatic heterocycles. The van der Waals surface area contributed by atoms with E-state index in [-0.39, 0.29) is 5.91 Å². The van der Waals surface area contributed by atoms with Crippen LogP contribution in [0, 0.1) is 0 Å². The van der Waals surface area contributed by atoms with Crippen molar-refractivity contribution in [2.45, 2.75) is 16.2 Å². The van der Waals surface area contributed by atoms with Crippen molar-refractivity contribution >= 4 is 39.8 Å². The van der Waals surface area contributed by atoms with Gasteiger partial charge in [-0.15, -0.1) is 10.2 Å². The van der Waals surface area contributed by atoms with E-state index >= 15 is 0 Å². The molecule has 0 saturated carbocycles. The summed E-state index contributed by atoms with van der Waals surface area (Å²) in [5.41, 5.74) is 7.03. The Bertz CT molecular complexity index is 641. The minimum Gasteiger partial charge on any atom is -0.399 e. The highest BCUT2D eigenvalue weighted by Gasteiger charge is 2.15. The summed E-state index contributed by atoms with van der Waals surface area (Å²) in [6, 6.07) is 5.24. The molecule has 6 nitrogen and oxygen atoms in total. The quantitative estimate of drug-likeness (QED) is 0.820. The van der Waals surface area contributed by atoms with Crippen LogP contribution in [-0.4, -0.2) is 36.7 Å². The molecule has 21 heavy (non-hydrogen) atoms. The van der Waals surface area contributed by atoms with E-state index in [1.54, 1.807) is 18.2 Å². The van der Waals surface area contributed by atoms with E-state index in [0.29, 0.717) is 17.8 Å². The standard InChI is InChI=1S/C13H17N5OS2/c1-4-15-11(19)9-6-5-8(14)7-10(9)20-13-17-16-12(21-13)18(2)3/h5-7H,4,14H2,1-3H3,(H,15,19). The van der Waals surface area contributed by atoms with Crippen LogP contribution in [0.25, 0.3) is 0 Å². The summed E-state index contributed by atoms with van der Waals surface area (Å²) in [6.07, 6.45) is 0. The van der Waals surface area contributed by atoms with Crippen LogP contribution in [0.1, 0.15) is 17.3 Å². The Hall–Kier alpha value is -1.80. The number of rotatable bonds is 5. The first kappa shape index (κ1) is 15.6. The lowest BCUT2D eigenvalue weighted by molar-refractivity contribution is 0.0953. The van der Waals surface area contributed by atoms with Gasteiger partial charge in [0.1, 0.15) is 0 Å². The van der Waals surface area contributed by atoms with Crippen molar-refractivity contribution in [3.63, 3.8) is 0 Å². The summed E-state index contributed by atoms with van der Waals surface area (Å²) in [4.78, 5) is 14.7. The monoisotopic (exact) mass is 323 g/mol. The molecule has 1 aromatic heterocycles. The molecule has 3 N–H and O–H groups in total. The number of benzene rings is 1. The SMILES string of the molecule is CCNC(=O)c1ccc(N)cc1Sc1nnc(N(C)C)s1. The Kier molecular flexibility index (Phi) is 5.03. The maximum absolute atomic E-state index is 12.1. The summed E-state index contributed by atoms with van der Waals surface area (Å²) >= 11 is 2.87. The van der Waals surface area contributed by atoms with E-state index in [1.807, 2.05) is 25.9 Å². The van der Waals surface area contributed by atoms with Gasteiger partial charge in [0.15, 0.2) is 4.34 Å². The zero-order valence-corrected chi connectivity index (χ0v) is 13.7. The molecule has 0 atom stereocenters. The lowest BCUT2D eigenvalue weighted by atomic mass is 10.2. The highest BCUT2D eigenvalue weighted by Crippen LogP contribution is 2.35. The number of nitrogens with two attached hydrogens (primary N) is 1. The van der Waals surface area contributed by atoms with Crippen molar-refractivity contribution < 1.29 is 4.79 Å². The van der Waals surface area contributed by atoms with Gasteiger partial charge in [0, 0.05) is 31.2 Å². The predicted molar refractivity (Wildman–Crippen MR) is 87.2 cm³/mol. The van der Waals surface area contributed by atoms with Crippen LogP contribution in [0.5, 0.6) is 0 Å². The maximum Gasteiger partial charge on any atom is 0.252 e. The lowest BCUT2D eigenvalue weighted by Gasteiger charge is -2.08. The highest BCUT2D eigenvalue weighted by molar-refractivity contribution is 8.01. The van der Waals surface area contributed by atoms with Crippen molar-refractivity contribution in [3.05, 3.63) is 23.8 Å². The second-order valence-corrected chi connectivity index (χ2v) is 6.71. The average molecular weight is 323 g/mol. The molecular formula is C13H17N5OS2. The first-order chi connectivity index (χ1) is 10.0. The van der Waals surface area contributed by atoms with Gasteiger partial charge in [-0.05, 0) is 25.1 Å². The zero-order valence-electron chi connectivity index (χ0n) is 12.1. The first-order valence-electron chi connectivity index (χ1n) is 6.37. The number of hydrogen-bond acceptors (Lipinski definition) is 7. The smallest absolute Gasteiger partial charge is 0.252 e. The Labute approximate surface area is 131 Å². The molecule has 0 spiro atoms. The molecule has 0 fully saturated rings. The zero-order chi connectivity index (χ0) is 15.4. The Morgan fingerprint density at radius 2 is 2.19 bits per heavy atom. The van der Waals surface area contributed by atoms with Crippen molar-refractivity contribution in [2.75, 3.05) is 31.3 Å². The minimum atomic E-state index is -0.114. The van der Waals surface area contributed by atoms with Crippen molar-refractivity contribution in [2.24, 2.45) is 0 Å². The normalized spacial score (nSPS) is 10.4. The molecule has 1 heterocycles. The van der Waals surface area contributed by atoms with Crippen LogP contribution in [-0.2, 0) is 0 Å². The van der Waals surface area contributed by atoms with Gasteiger partial charge in [-0.3, -0.25) is 4.79 Å². The topological polar surface area (TPSA) is 84.1 Å². The number of aromatic nitrogens is 2. The Balaban J connectivity index is 2.29. The number of hydrogen-bond donors (Lipinski definition) is 2. The van der Waals surface area contributed by atoms with Crippen LogP contribution in [0.4, 0.5) is 10.8 Å². The summed E-state index contributed by atoms with van der Waals surface area (Å²) in [6.45, 7) is 2.47. The third-order valence-electron chi connectivity index (χ3n) is 2.56. The summed E-state index contributed by atoms with van der Waals surface area (Å²) in [5.74, 6) is -0.114. The number of nitrogens with one attached hydrogen (secondary N) is 1. The minimum absolute atomic E-state index is 0.114. The Morgan fingerprint density at radius 1 is 1.43 bits per heavy atom. The van der Waals surface area contributed by atoms with E-state index in [0.717, 1.165) is 14.4 Å². The van der Waals surface area contributed by atoms with Crippen LogP contribution in [0.2, 0.25) is 0 Å². The van der Waals surface area contributed by atoms with Gasteiger partial charge in [0.2, 0.25) is 5.13 Å². The largest absolute Gasteiger partial charge is 0.399 e. The van der Waals surface area contributed by atoms with Crippen LogP contribution in [0.15, 0.2) is 27.4 Å². The number of carbonyl (C=O) groups is 1.